The van der Waals surface area contributed by atoms with Crippen LogP contribution in [0.3, 0.4) is 0 Å². The Bertz CT molecular complexity index is 805. The summed E-state index contributed by atoms with van der Waals surface area (Å²) in [4.78, 5) is 16.6. The molecule has 2 aromatic rings. The molecule has 1 aliphatic carbocycles. The van der Waals surface area contributed by atoms with Crippen LogP contribution in [0.1, 0.15) is 36.8 Å². The van der Waals surface area contributed by atoms with Crippen LogP contribution in [-0.2, 0) is 13.0 Å². The molecule has 0 bridgehead atoms. The third kappa shape index (κ3) is 4.74. The van der Waals surface area contributed by atoms with Gasteiger partial charge in [-0.25, -0.2) is 9.78 Å². The highest BCUT2D eigenvalue weighted by molar-refractivity contribution is 5.73. The monoisotopic (exact) mass is 381 g/mol. The summed E-state index contributed by atoms with van der Waals surface area (Å²) in [6.07, 6.45) is 7.48. The van der Waals surface area contributed by atoms with E-state index in [0.29, 0.717) is 25.6 Å². The number of rotatable bonds is 6. The molecule has 1 fully saturated rings. The molecule has 0 spiro atoms. The fourth-order valence-corrected chi connectivity index (χ4v) is 3.83. The van der Waals surface area contributed by atoms with Crippen molar-refractivity contribution < 1.29 is 14.3 Å². The van der Waals surface area contributed by atoms with Gasteiger partial charge < -0.3 is 20.1 Å². The first kappa shape index (κ1) is 18.6. The molecular formula is C22H27N3O3. The number of carbonyl (C=O) groups excluding carboxylic acids is 1. The van der Waals surface area contributed by atoms with E-state index in [4.69, 9.17) is 9.47 Å². The van der Waals surface area contributed by atoms with Crippen LogP contribution in [0.4, 0.5) is 4.79 Å². The van der Waals surface area contributed by atoms with Crippen LogP contribution in [0, 0.1) is 5.92 Å². The Balaban J connectivity index is 1.24. The van der Waals surface area contributed by atoms with Crippen molar-refractivity contribution in [1.82, 2.24) is 15.6 Å². The molecule has 1 saturated carbocycles. The van der Waals surface area contributed by atoms with Crippen molar-refractivity contribution in [1.29, 1.82) is 0 Å². The summed E-state index contributed by atoms with van der Waals surface area (Å²) >= 11 is 0. The van der Waals surface area contributed by atoms with Crippen LogP contribution in [0.2, 0.25) is 0 Å². The van der Waals surface area contributed by atoms with Gasteiger partial charge in [-0.2, -0.15) is 0 Å². The molecular weight excluding hydrogens is 354 g/mol. The van der Waals surface area contributed by atoms with Crippen molar-refractivity contribution in [3.8, 4) is 11.6 Å². The third-order valence-electron chi connectivity index (χ3n) is 5.38. The van der Waals surface area contributed by atoms with E-state index >= 15 is 0 Å². The topological polar surface area (TPSA) is 72.5 Å². The molecule has 28 heavy (non-hydrogen) atoms. The van der Waals surface area contributed by atoms with Crippen LogP contribution in [0.15, 0.2) is 42.6 Å². The fourth-order valence-electron chi connectivity index (χ4n) is 3.83. The van der Waals surface area contributed by atoms with Crippen molar-refractivity contribution in [3.63, 3.8) is 0 Å². The molecule has 1 atom stereocenters. The molecule has 0 saturated heterocycles. The van der Waals surface area contributed by atoms with E-state index in [2.05, 4.69) is 21.7 Å². The van der Waals surface area contributed by atoms with Gasteiger partial charge in [-0.1, -0.05) is 24.3 Å². The first-order valence-corrected chi connectivity index (χ1v) is 10.1. The Morgan fingerprint density at radius 2 is 2.00 bits per heavy atom. The number of pyridine rings is 1. The quantitative estimate of drug-likeness (QED) is 0.804. The number of carbonyl (C=O) groups is 1. The van der Waals surface area contributed by atoms with E-state index in [1.54, 1.807) is 6.20 Å². The Morgan fingerprint density at radius 3 is 2.89 bits per heavy atom. The van der Waals surface area contributed by atoms with E-state index in [-0.39, 0.29) is 18.1 Å². The molecule has 2 N–H and O–H groups in total. The van der Waals surface area contributed by atoms with Gasteiger partial charge >= 0.3 is 6.03 Å². The minimum Gasteiger partial charge on any atom is -0.493 e. The minimum atomic E-state index is -0.186. The normalized spacial score (nSPS) is 18.8. The summed E-state index contributed by atoms with van der Waals surface area (Å²) in [5.74, 6) is 1.86. The average Bonchev–Trinajstić information content (AvgIpc) is 3.24. The smallest absolute Gasteiger partial charge is 0.315 e. The molecule has 1 unspecified atom stereocenters. The van der Waals surface area contributed by atoms with Crippen molar-refractivity contribution in [2.24, 2.45) is 5.92 Å². The van der Waals surface area contributed by atoms with Gasteiger partial charge in [0.25, 0.3) is 0 Å². The number of hydrogen-bond acceptors (Lipinski definition) is 4. The van der Waals surface area contributed by atoms with Gasteiger partial charge in [0.1, 0.15) is 11.9 Å². The molecule has 4 rings (SSSR count). The Morgan fingerprint density at radius 1 is 1.14 bits per heavy atom. The van der Waals surface area contributed by atoms with Gasteiger partial charge in [-0.15, -0.1) is 0 Å². The summed E-state index contributed by atoms with van der Waals surface area (Å²) < 4.78 is 11.8. The number of ether oxygens (including phenoxy) is 2. The second-order valence-corrected chi connectivity index (χ2v) is 7.54. The zero-order valence-corrected chi connectivity index (χ0v) is 16.0. The standard InChI is InChI=1S/C22H27N3O3/c26-22(24-13-16-12-17-6-1-4-10-20(17)27-15-16)25-14-18-7-5-11-23-21(18)28-19-8-2-3-9-19/h1,4-7,10-11,16,19H,2-3,8-9,12-15H2,(H2,24,25,26). The highest BCUT2D eigenvalue weighted by Crippen LogP contribution is 2.27. The molecule has 148 valence electrons. The SMILES string of the molecule is O=C(NCc1cccnc1OC1CCCC1)NCC1COc2ccccc2C1. The lowest BCUT2D eigenvalue weighted by Gasteiger charge is -2.25. The van der Waals surface area contributed by atoms with E-state index in [1.807, 2.05) is 30.3 Å². The maximum Gasteiger partial charge on any atom is 0.315 e. The second-order valence-electron chi connectivity index (χ2n) is 7.54. The molecule has 1 aromatic heterocycles. The number of nitrogens with zero attached hydrogens (tertiary/aromatic N) is 1. The summed E-state index contributed by atoms with van der Waals surface area (Å²) in [5.41, 5.74) is 2.10. The van der Waals surface area contributed by atoms with Crippen molar-refractivity contribution >= 4 is 6.03 Å². The number of benzene rings is 1. The number of nitrogens with one attached hydrogen (secondary N) is 2. The number of hydrogen-bond donors (Lipinski definition) is 2. The van der Waals surface area contributed by atoms with Gasteiger partial charge in [0, 0.05) is 30.8 Å². The van der Waals surface area contributed by atoms with E-state index < -0.39 is 0 Å². The molecule has 2 aliphatic rings. The Labute approximate surface area is 165 Å². The molecule has 0 radical (unpaired) electrons. The summed E-state index contributed by atoms with van der Waals surface area (Å²) in [6, 6.07) is 11.7. The Kier molecular flexibility index (Phi) is 5.95. The third-order valence-corrected chi connectivity index (χ3v) is 5.38. The maximum atomic E-state index is 12.2. The van der Waals surface area contributed by atoms with Gasteiger partial charge in [0.15, 0.2) is 0 Å². The number of para-hydroxylation sites is 1. The lowest BCUT2D eigenvalue weighted by molar-refractivity contribution is 0.198. The van der Waals surface area contributed by atoms with Crippen LogP contribution < -0.4 is 20.1 Å². The lowest BCUT2D eigenvalue weighted by Crippen LogP contribution is -2.40. The largest absolute Gasteiger partial charge is 0.493 e. The molecule has 6 nitrogen and oxygen atoms in total. The van der Waals surface area contributed by atoms with Crippen molar-refractivity contribution in [2.45, 2.75) is 44.8 Å². The summed E-state index contributed by atoms with van der Waals surface area (Å²) in [6.45, 7) is 1.60. The average molecular weight is 381 g/mol. The molecule has 1 aromatic carbocycles. The van der Waals surface area contributed by atoms with Crippen LogP contribution in [0.25, 0.3) is 0 Å². The highest BCUT2D eigenvalue weighted by atomic mass is 16.5. The zero-order chi connectivity index (χ0) is 19.2. The van der Waals surface area contributed by atoms with Gasteiger partial charge in [0.05, 0.1) is 6.61 Å². The molecule has 1 aliphatic heterocycles. The van der Waals surface area contributed by atoms with Gasteiger partial charge in [-0.3, -0.25) is 0 Å². The first-order valence-electron chi connectivity index (χ1n) is 10.1. The molecule has 6 heteroatoms. The predicted octanol–water partition coefficient (Wildman–Crippen LogP) is 3.45. The molecule has 2 amide bonds. The van der Waals surface area contributed by atoms with Crippen LogP contribution >= 0.6 is 0 Å². The van der Waals surface area contributed by atoms with E-state index in [1.165, 1.54) is 18.4 Å². The summed E-state index contributed by atoms with van der Waals surface area (Å²) in [7, 11) is 0. The fraction of sp³-hybridized carbons (Fsp3) is 0.455. The summed E-state index contributed by atoms with van der Waals surface area (Å²) in [5, 5.41) is 5.87. The highest BCUT2D eigenvalue weighted by Gasteiger charge is 2.21. The van der Waals surface area contributed by atoms with Crippen LogP contribution in [-0.4, -0.2) is 30.3 Å². The lowest BCUT2D eigenvalue weighted by atomic mass is 9.97. The predicted molar refractivity (Wildman–Crippen MR) is 106 cm³/mol. The second kappa shape index (κ2) is 8.95. The maximum absolute atomic E-state index is 12.2. The van der Waals surface area contributed by atoms with Crippen molar-refractivity contribution in [3.05, 3.63) is 53.7 Å². The molecule has 2 heterocycles. The number of amides is 2. The number of urea groups is 1. The van der Waals surface area contributed by atoms with Gasteiger partial charge in [-0.05, 0) is 49.8 Å². The number of aromatic nitrogens is 1. The zero-order valence-electron chi connectivity index (χ0n) is 16.0. The van der Waals surface area contributed by atoms with Crippen molar-refractivity contribution in [2.75, 3.05) is 13.2 Å². The van der Waals surface area contributed by atoms with Gasteiger partial charge in [0.2, 0.25) is 5.88 Å². The Hall–Kier alpha value is -2.76. The minimum absolute atomic E-state index is 0.186. The first-order chi connectivity index (χ1) is 13.8. The van der Waals surface area contributed by atoms with E-state index in [9.17, 15) is 4.79 Å². The van der Waals surface area contributed by atoms with E-state index in [0.717, 1.165) is 30.6 Å². The number of fused-ring (bicyclic) bond motifs is 1. The van der Waals surface area contributed by atoms with Crippen LogP contribution in [0.5, 0.6) is 11.6 Å².